The topological polar surface area (TPSA) is 0 Å². The first-order valence-electron chi connectivity index (χ1n) is 5.87. The van der Waals surface area contributed by atoms with Crippen LogP contribution in [0.5, 0.6) is 0 Å². The zero-order valence-electron chi connectivity index (χ0n) is 9.03. The molecule has 0 amide bonds. The van der Waals surface area contributed by atoms with Crippen molar-refractivity contribution in [2.75, 3.05) is 0 Å². The third-order valence-electron chi connectivity index (χ3n) is 3.95. The molecule has 0 saturated heterocycles. The van der Waals surface area contributed by atoms with E-state index in [2.05, 4.69) is 6.92 Å². The molecule has 1 spiro atoms. The van der Waals surface area contributed by atoms with Gasteiger partial charge in [-0.3, -0.25) is 0 Å². The largest absolute Gasteiger partial charge is 0.0683 e. The molecule has 2 fully saturated rings. The van der Waals surface area contributed by atoms with E-state index in [0.29, 0.717) is 0 Å². The second-order valence-corrected chi connectivity index (χ2v) is 4.21. The molecule has 2 aliphatic carbocycles. The van der Waals surface area contributed by atoms with Gasteiger partial charge in [0, 0.05) is 0 Å². The highest BCUT2D eigenvalue weighted by molar-refractivity contribution is 4.97. The molecule has 1 unspecified atom stereocenters. The summed E-state index contributed by atoms with van der Waals surface area (Å²) in [6.45, 7) is 6.36. The SMILES string of the molecule is CC.CCC1CCC12CCCC2. The lowest BCUT2D eigenvalue weighted by atomic mass is 9.58. The Morgan fingerprint density at radius 3 is 2.00 bits per heavy atom. The molecule has 1 atom stereocenters. The van der Waals surface area contributed by atoms with Crippen molar-refractivity contribution in [3.8, 4) is 0 Å². The maximum atomic E-state index is 2.36. The Balaban J connectivity index is 0.000000336. The minimum atomic E-state index is 0.884. The molecule has 2 rings (SSSR count). The summed E-state index contributed by atoms with van der Waals surface area (Å²) in [5.74, 6) is 1.12. The van der Waals surface area contributed by atoms with Crippen molar-refractivity contribution in [3.05, 3.63) is 0 Å². The molecule has 0 bridgehead atoms. The first kappa shape index (κ1) is 10.1. The van der Waals surface area contributed by atoms with E-state index in [9.17, 15) is 0 Å². The lowest BCUT2D eigenvalue weighted by molar-refractivity contribution is 0.0344. The zero-order valence-corrected chi connectivity index (χ0v) is 9.03. The summed E-state index contributed by atoms with van der Waals surface area (Å²) in [5, 5.41) is 0. The van der Waals surface area contributed by atoms with Gasteiger partial charge in [0.25, 0.3) is 0 Å². The maximum absolute atomic E-state index is 2.36. The normalized spacial score (nSPS) is 30.8. The highest BCUT2D eigenvalue weighted by Crippen LogP contribution is 2.58. The van der Waals surface area contributed by atoms with Crippen LogP contribution in [0.3, 0.4) is 0 Å². The highest BCUT2D eigenvalue weighted by Gasteiger charge is 2.46. The highest BCUT2D eigenvalue weighted by atomic mass is 14.5. The minimum Gasteiger partial charge on any atom is -0.0683 e. The number of rotatable bonds is 1. The van der Waals surface area contributed by atoms with Crippen LogP contribution in [-0.2, 0) is 0 Å². The number of hydrogen-bond donors (Lipinski definition) is 0. The summed E-state index contributed by atoms with van der Waals surface area (Å²) in [5.41, 5.74) is 0.884. The summed E-state index contributed by atoms with van der Waals surface area (Å²) in [7, 11) is 0. The standard InChI is InChI=1S/C10H18.C2H6/c1-2-9-5-8-10(9)6-3-4-7-10;1-2/h9H,2-8H2,1H3;1-2H3. The van der Waals surface area contributed by atoms with Crippen LogP contribution >= 0.6 is 0 Å². The van der Waals surface area contributed by atoms with Crippen LogP contribution in [0.25, 0.3) is 0 Å². The van der Waals surface area contributed by atoms with Crippen molar-refractivity contribution in [1.82, 2.24) is 0 Å². The van der Waals surface area contributed by atoms with E-state index in [0.717, 1.165) is 11.3 Å². The summed E-state index contributed by atoms with van der Waals surface area (Å²) in [6, 6.07) is 0. The van der Waals surface area contributed by atoms with E-state index in [-0.39, 0.29) is 0 Å². The molecule has 0 nitrogen and oxygen atoms in total. The zero-order chi connectivity index (χ0) is 9.03. The summed E-state index contributed by atoms with van der Waals surface area (Å²) in [4.78, 5) is 0. The van der Waals surface area contributed by atoms with Gasteiger partial charge in [-0.2, -0.15) is 0 Å². The molecule has 0 aromatic rings. The van der Waals surface area contributed by atoms with Crippen molar-refractivity contribution < 1.29 is 0 Å². The molecule has 0 aliphatic heterocycles. The van der Waals surface area contributed by atoms with Crippen molar-refractivity contribution >= 4 is 0 Å². The summed E-state index contributed by atoms with van der Waals surface area (Å²) >= 11 is 0. The Labute approximate surface area is 77.7 Å². The van der Waals surface area contributed by atoms with E-state index in [1.54, 1.807) is 19.3 Å². The van der Waals surface area contributed by atoms with Gasteiger partial charge in [0.2, 0.25) is 0 Å². The molecule has 0 aromatic carbocycles. The smallest absolute Gasteiger partial charge is 0.0269 e. The van der Waals surface area contributed by atoms with Crippen molar-refractivity contribution in [3.63, 3.8) is 0 Å². The third kappa shape index (κ3) is 1.53. The van der Waals surface area contributed by atoms with Crippen molar-refractivity contribution in [2.24, 2.45) is 11.3 Å². The average molecular weight is 168 g/mol. The first-order valence-corrected chi connectivity index (χ1v) is 5.87. The van der Waals surface area contributed by atoms with Crippen LogP contribution in [0.1, 0.15) is 65.7 Å². The summed E-state index contributed by atoms with van der Waals surface area (Å²) in [6.07, 6.45) is 10.7. The molecule has 2 saturated carbocycles. The predicted octanol–water partition coefficient (Wildman–Crippen LogP) is 4.39. The fourth-order valence-electron chi connectivity index (χ4n) is 3.13. The van der Waals surface area contributed by atoms with Gasteiger partial charge >= 0.3 is 0 Å². The molecule has 0 N–H and O–H groups in total. The van der Waals surface area contributed by atoms with E-state index in [1.165, 1.54) is 25.7 Å². The van der Waals surface area contributed by atoms with Crippen LogP contribution in [0.15, 0.2) is 0 Å². The van der Waals surface area contributed by atoms with Gasteiger partial charge in [-0.05, 0) is 37.0 Å². The van der Waals surface area contributed by atoms with Crippen LogP contribution in [-0.4, -0.2) is 0 Å². The van der Waals surface area contributed by atoms with E-state index in [1.807, 2.05) is 13.8 Å². The number of hydrogen-bond acceptors (Lipinski definition) is 0. The quantitative estimate of drug-likeness (QED) is 0.544. The first-order chi connectivity index (χ1) is 5.87. The Morgan fingerprint density at radius 2 is 1.67 bits per heavy atom. The molecule has 2 aliphatic rings. The molecule has 72 valence electrons. The Hall–Kier alpha value is 0. The van der Waals surface area contributed by atoms with Gasteiger partial charge in [-0.1, -0.05) is 40.0 Å². The van der Waals surface area contributed by atoms with Gasteiger partial charge in [0.15, 0.2) is 0 Å². The van der Waals surface area contributed by atoms with Crippen LogP contribution in [0.4, 0.5) is 0 Å². The van der Waals surface area contributed by atoms with Gasteiger partial charge in [-0.15, -0.1) is 0 Å². The molecule has 12 heavy (non-hydrogen) atoms. The molecule has 0 radical (unpaired) electrons. The fourth-order valence-corrected chi connectivity index (χ4v) is 3.13. The molecular weight excluding hydrogens is 144 g/mol. The van der Waals surface area contributed by atoms with Gasteiger partial charge in [0.1, 0.15) is 0 Å². The minimum absolute atomic E-state index is 0.884. The van der Waals surface area contributed by atoms with Gasteiger partial charge < -0.3 is 0 Å². The Morgan fingerprint density at radius 1 is 1.08 bits per heavy atom. The van der Waals surface area contributed by atoms with E-state index in [4.69, 9.17) is 0 Å². The fraction of sp³-hybridized carbons (Fsp3) is 1.00. The maximum Gasteiger partial charge on any atom is -0.0269 e. The lowest BCUT2D eigenvalue weighted by Gasteiger charge is -2.47. The van der Waals surface area contributed by atoms with Crippen molar-refractivity contribution in [1.29, 1.82) is 0 Å². The van der Waals surface area contributed by atoms with Gasteiger partial charge in [0.05, 0.1) is 0 Å². The summed E-state index contributed by atoms with van der Waals surface area (Å²) < 4.78 is 0. The predicted molar refractivity (Wildman–Crippen MR) is 55.3 cm³/mol. The molecule has 0 aromatic heterocycles. The average Bonchev–Trinajstić information content (AvgIpc) is 2.57. The Kier molecular flexibility index (Phi) is 3.61. The van der Waals surface area contributed by atoms with Crippen LogP contribution in [0, 0.1) is 11.3 Å². The van der Waals surface area contributed by atoms with E-state index >= 15 is 0 Å². The lowest BCUT2D eigenvalue weighted by Crippen LogP contribution is -2.37. The second kappa shape index (κ2) is 4.30. The molecule has 0 heteroatoms. The van der Waals surface area contributed by atoms with Crippen LogP contribution in [0.2, 0.25) is 0 Å². The monoisotopic (exact) mass is 168 g/mol. The molecule has 0 heterocycles. The van der Waals surface area contributed by atoms with Crippen molar-refractivity contribution in [2.45, 2.75) is 65.7 Å². The second-order valence-electron chi connectivity index (χ2n) is 4.21. The van der Waals surface area contributed by atoms with E-state index < -0.39 is 0 Å². The van der Waals surface area contributed by atoms with Gasteiger partial charge in [-0.25, -0.2) is 0 Å². The third-order valence-corrected chi connectivity index (χ3v) is 3.95. The van der Waals surface area contributed by atoms with Crippen LogP contribution < -0.4 is 0 Å². The molecular formula is C12H24. The Bertz CT molecular complexity index is 118.